The molecule has 1 heterocycles. The molecule has 0 radical (unpaired) electrons. The summed E-state index contributed by atoms with van der Waals surface area (Å²) in [6.07, 6.45) is 0. The van der Waals surface area contributed by atoms with Crippen LogP contribution in [0, 0.1) is 0 Å². The maximum absolute atomic E-state index is 12.1. The number of nitrogens with one attached hydrogen (secondary N) is 1. The highest BCUT2D eigenvalue weighted by Gasteiger charge is 2.16. The quantitative estimate of drug-likeness (QED) is 0.885. The van der Waals surface area contributed by atoms with Crippen molar-refractivity contribution in [2.45, 2.75) is 17.4 Å². The Kier molecular flexibility index (Phi) is 5.17. The summed E-state index contributed by atoms with van der Waals surface area (Å²) in [6.45, 7) is 0.667. The monoisotopic (exact) mass is 331 g/mol. The van der Waals surface area contributed by atoms with E-state index in [0.29, 0.717) is 10.9 Å². The van der Waals surface area contributed by atoms with Gasteiger partial charge in [-0.15, -0.1) is 11.3 Å². The molecule has 0 saturated heterocycles. The second-order valence-electron chi connectivity index (χ2n) is 4.08. The number of rotatable bonds is 6. The van der Waals surface area contributed by atoms with Crippen LogP contribution in [-0.2, 0) is 27.9 Å². The largest absolute Gasteiger partial charge is 0.380 e. The van der Waals surface area contributed by atoms with Crippen LogP contribution in [-0.4, -0.2) is 15.5 Å². The molecule has 7 heteroatoms. The maximum atomic E-state index is 12.1. The van der Waals surface area contributed by atoms with Crippen LogP contribution in [0.25, 0.3) is 0 Å². The van der Waals surface area contributed by atoms with Gasteiger partial charge in [0.05, 0.1) is 10.9 Å². The molecule has 1 aromatic heterocycles. The first-order chi connectivity index (χ1) is 9.53. The third-order valence-corrected chi connectivity index (χ3v) is 5.81. The van der Waals surface area contributed by atoms with Crippen LogP contribution in [0.4, 0.5) is 0 Å². The summed E-state index contributed by atoms with van der Waals surface area (Å²) >= 11 is 6.79. The van der Waals surface area contributed by atoms with Gasteiger partial charge in [-0.05, 0) is 23.3 Å². The van der Waals surface area contributed by atoms with Gasteiger partial charge in [0, 0.05) is 13.7 Å². The fourth-order valence-electron chi connectivity index (χ4n) is 1.71. The third kappa shape index (κ3) is 3.80. The molecule has 0 saturated carbocycles. The summed E-state index contributed by atoms with van der Waals surface area (Å²) in [5.74, 6) is 0. The van der Waals surface area contributed by atoms with E-state index >= 15 is 0 Å². The fraction of sp³-hybridized carbons (Fsp3) is 0.231. The lowest BCUT2D eigenvalue weighted by Crippen LogP contribution is -2.23. The Labute approximate surface area is 127 Å². The molecular weight excluding hydrogens is 318 g/mol. The average molecular weight is 332 g/mol. The van der Waals surface area contributed by atoms with E-state index in [9.17, 15) is 8.42 Å². The second kappa shape index (κ2) is 6.69. The van der Waals surface area contributed by atoms with Crippen molar-refractivity contribution in [2.75, 3.05) is 7.11 Å². The number of halogens is 1. The third-order valence-electron chi connectivity index (χ3n) is 2.68. The van der Waals surface area contributed by atoms with E-state index in [4.69, 9.17) is 16.3 Å². The van der Waals surface area contributed by atoms with Gasteiger partial charge < -0.3 is 4.74 Å². The Balaban J connectivity index is 2.12. The van der Waals surface area contributed by atoms with Gasteiger partial charge in [0.1, 0.15) is 4.21 Å². The van der Waals surface area contributed by atoms with E-state index in [1.165, 1.54) is 6.07 Å². The van der Waals surface area contributed by atoms with Crippen molar-refractivity contribution in [1.82, 2.24) is 4.72 Å². The Bertz CT molecular complexity index is 682. The lowest BCUT2D eigenvalue weighted by molar-refractivity contribution is 0.184. The first-order valence-electron chi connectivity index (χ1n) is 5.83. The normalized spacial score (nSPS) is 11.7. The molecule has 0 aliphatic rings. The lowest BCUT2D eigenvalue weighted by atomic mass is 10.1. The Morgan fingerprint density at radius 1 is 1.20 bits per heavy atom. The van der Waals surface area contributed by atoms with Gasteiger partial charge >= 0.3 is 0 Å². The van der Waals surface area contributed by atoms with Crippen LogP contribution in [0.3, 0.4) is 0 Å². The van der Waals surface area contributed by atoms with Gasteiger partial charge in [0.15, 0.2) is 0 Å². The molecule has 0 atom stereocenters. The van der Waals surface area contributed by atoms with Crippen molar-refractivity contribution < 1.29 is 13.2 Å². The van der Waals surface area contributed by atoms with Crippen molar-refractivity contribution in [1.29, 1.82) is 0 Å². The number of thiophene rings is 1. The molecule has 20 heavy (non-hydrogen) atoms. The van der Waals surface area contributed by atoms with Gasteiger partial charge in [-0.1, -0.05) is 35.9 Å². The topological polar surface area (TPSA) is 55.4 Å². The molecule has 0 amide bonds. The zero-order valence-electron chi connectivity index (χ0n) is 10.8. The molecule has 2 rings (SSSR count). The molecule has 0 bridgehead atoms. The zero-order valence-corrected chi connectivity index (χ0v) is 13.2. The molecule has 0 unspecified atom stereocenters. The highest BCUT2D eigenvalue weighted by Crippen LogP contribution is 2.25. The van der Waals surface area contributed by atoms with E-state index in [1.54, 1.807) is 13.2 Å². The second-order valence-corrected chi connectivity index (χ2v) is 7.79. The summed E-state index contributed by atoms with van der Waals surface area (Å²) in [4.78, 5) is 0. The maximum Gasteiger partial charge on any atom is 0.250 e. The minimum Gasteiger partial charge on any atom is -0.380 e. The van der Waals surface area contributed by atoms with Crippen molar-refractivity contribution in [3.8, 4) is 0 Å². The van der Waals surface area contributed by atoms with E-state index in [2.05, 4.69) is 4.72 Å². The Morgan fingerprint density at radius 3 is 2.50 bits per heavy atom. The lowest BCUT2D eigenvalue weighted by Gasteiger charge is -2.09. The summed E-state index contributed by atoms with van der Waals surface area (Å²) in [7, 11) is -1.92. The molecule has 0 aliphatic carbocycles. The van der Waals surface area contributed by atoms with E-state index in [0.717, 1.165) is 22.5 Å². The highest BCUT2D eigenvalue weighted by molar-refractivity contribution is 7.91. The molecule has 108 valence electrons. The van der Waals surface area contributed by atoms with Gasteiger partial charge in [-0.3, -0.25) is 0 Å². The van der Waals surface area contributed by atoms with Crippen LogP contribution < -0.4 is 4.72 Å². The average Bonchev–Trinajstić information content (AvgIpc) is 2.86. The van der Waals surface area contributed by atoms with Crippen LogP contribution >= 0.6 is 22.9 Å². The minimum atomic E-state index is -3.53. The SMILES string of the molecule is COCc1ccccc1CNS(=O)(=O)c1ccc(Cl)s1. The van der Waals surface area contributed by atoms with E-state index < -0.39 is 10.0 Å². The first kappa shape index (κ1) is 15.5. The van der Waals surface area contributed by atoms with Crippen molar-refractivity contribution in [2.24, 2.45) is 0 Å². The Morgan fingerprint density at radius 2 is 1.90 bits per heavy atom. The number of hydrogen-bond acceptors (Lipinski definition) is 4. The molecule has 4 nitrogen and oxygen atoms in total. The van der Waals surface area contributed by atoms with Gasteiger partial charge in [-0.25, -0.2) is 13.1 Å². The molecule has 1 aromatic carbocycles. The van der Waals surface area contributed by atoms with Crippen LogP contribution in [0.2, 0.25) is 4.34 Å². The van der Waals surface area contributed by atoms with Gasteiger partial charge in [0.2, 0.25) is 10.0 Å². The van der Waals surface area contributed by atoms with E-state index in [1.807, 2.05) is 24.3 Å². The number of methoxy groups -OCH3 is 1. The number of benzene rings is 1. The fourth-order valence-corrected chi connectivity index (χ4v) is 4.25. The molecule has 2 aromatic rings. The number of ether oxygens (including phenoxy) is 1. The van der Waals surface area contributed by atoms with Crippen LogP contribution in [0.15, 0.2) is 40.6 Å². The van der Waals surface area contributed by atoms with Crippen molar-refractivity contribution in [3.63, 3.8) is 0 Å². The van der Waals surface area contributed by atoms with Gasteiger partial charge in [-0.2, -0.15) is 0 Å². The van der Waals surface area contributed by atoms with Crippen LogP contribution in [0.5, 0.6) is 0 Å². The Hall–Kier alpha value is -0.920. The van der Waals surface area contributed by atoms with Gasteiger partial charge in [0.25, 0.3) is 0 Å². The summed E-state index contributed by atoms with van der Waals surface area (Å²) in [5.41, 5.74) is 1.85. The molecule has 0 fully saturated rings. The summed E-state index contributed by atoms with van der Waals surface area (Å²) in [5, 5.41) is 0. The van der Waals surface area contributed by atoms with E-state index in [-0.39, 0.29) is 10.8 Å². The highest BCUT2D eigenvalue weighted by atomic mass is 35.5. The standard InChI is InChI=1S/C13H14ClNO3S2/c1-18-9-11-5-3-2-4-10(11)8-15-20(16,17)13-7-6-12(14)19-13/h2-7,15H,8-9H2,1H3. The predicted molar refractivity (Wildman–Crippen MR) is 80.5 cm³/mol. The first-order valence-corrected chi connectivity index (χ1v) is 8.51. The summed E-state index contributed by atoms with van der Waals surface area (Å²) in [6, 6.07) is 10.6. The molecular formula is C13H14ClNO3S2. The molecule has 0 spiro atoms. The van der Waals surface area contributed by atoms with Crippen molar-refractivity contribution in [3.05, 3.63) is 51.9 Å². The smallest absolute Gasteiger partial charge is 0.250 e. The van der Waals surface area contributed by atoms with Crippen LogP contribution in [0.1, 0.15) is 11.1 Å². The predicted octanol–water partition coefficient (Wildman–Crippen LogP) is 3.03. The zero-order chi connectivity index (χ0) is 14.6. The summed E-state index contributed by atoms with van der Waals surface area (Å²) < 4.78 is 32.5. The number of sulfonamides is 1. The minimum absolute atomic E-state index is 0.215. The molecule has 0 aliphatic heterocycles. The molecule has 1 N–H and O–H groups in total. The number of hydrogen-bond donors (Lipinski definition) is 1. The van der Waals surface area contributed by atoms with Crippen molar-refractivity contribution >= 4 is 33.0 Å².